The monoisotopic (exact) mass is 171 g/mol. The van der Waals surface area contributed by atoms with Crippen molar-refractivity contribution in [2.24, 2.45) is 11.3 Å². The number of hydrogen-bond acceptors (Lipinski definition) is 2. The van der Waals surface area contributed by atoms with Gasteiger partial charge in [-0.15, -0.1) is 0 Å². The van der Waals surface area contributed by atoms with Gasteiger partial charge in [-0.05, 0) is 30.7 Å². The minimum Gasteiger partial charge on any atom is -0.392 e. The highest BCUT2D eigenvalue weighted by Crippen LogP contribution is 2.28. The van der Waals surface area contributed by atoms with Gasteiger partial charge in [0.25, 0.3) is 0 Å². The predicted octanol–water partition coefficient (Wildman–Crippen LogP) is 1.39. The van der Waals surface area contributed by atoms with E-state index in [1.165, 1.54) is 12.8 Å². The average Bonchev–Trinajstić information content (AvgIpc) is 2.03. The molecule has 72 valence electrons. The molecule has 0 amide bonds. The Hall–Kier alpha value is -0.0800. The molecule has 2 heteroatoms. The molecule has 0 spiro atoms. The third-order valence-electron chi connectivity index (χ3n) is 2.67. The molecule has 12 heavy (non-hydrogen) atoms. The van der Waals surface area contributed by atoms with Crippen LogP contribution in [0, 0.1) is 11.3 Å². The van der Waals surface area contributed by atoms with Crippen LogP contribution in [-0.2, 0) is 0 Å². The van der Waals surface area contributed by atoms with Crippen molar-refractivity contribution < 1.29 is 5.11 Å². The fourth-order valence-electron chi connectivity index (χ4n) is 1.86. The van der Waals surface area contributed by atoms with E-state index in [4.69, 9.17) is 0 Å². The summed E-state index contributed by atoms with van der Waals surface area (Å²) in [5.41, 5.74) is 0.0314. The Bertz CT molecular complexity index is 133. The first-order valence-electron chi connectivity index (χ1n) is 4.90. The lowest BCUT2D eigenvalue weighted by Crippen LogP contribution is -2.42. The van der Waals surface area contributed by atoms with Gasteiger partial charge in [0, 0.05) is 6.54 Å². The summed E-state index contributed by atoms with van der Waals surface area (Å²) < 4.78 is 0. The molecule has 2 N–H and O–H groups in total. The molecule has 1 heterocycles. The van der Waals surface area contributed by atoms with Crippen LogP contribution in [0.25, 0.3) is 0 Å². The number of nitrogens with one attached hydrogen (secondary N) is 1. The Labute approximate surface area is 75.4 Å². The maximum Gasteiger partial charge on any atom is 0.0628 e. The zero-order valence-electron chi connectivity index (χ0n) is 8.43. The first kappa shape index (κ1) is 10.0. The summed E-state index contributed by atoms with van der Waals surface area (Å²) in [4.78, 5) is 0. The molecule has 0 radical (unpaired) electrons. The Morgan fingerprint density at radius 3 is 2.50 bits per heavy atom. The van der Waals surface area contributed by atoms with Crippen LogP contribution in [0.2, 0.25) is 0 Å². The van der Waals surface area contributed by atoms with Crippen LogP contribution in [-0.4, -0.2) is 24.3 Å². The van der Waals surface area contributed by atoms with E-state index < -0.39 is 0 Å². The van der Waals surface area contributed by atoms with E-state index >= 15 is 0 Å². The summed E-state index contributed by atoms with van der Waals surface area (Å²) in [6, 6.07) is 0. The summed E-state index contributed by atoms with van der Waals surface area (Å²) in [6.45, 7) is 8.41. The number of piperidine rings is 1. The lowest BCUT2D eigenvalue weighted by atomic mass is 9.78. The predicted molar refractivity (Wildman–Crippen MR) is 51.1 cm³/mol. The molecule has 2 atom stereocenters. The first-order chi connectivity index (χ1) is 5.52. The van der Waals surface area contributed by atoms with Crippen LogP contribution < -0.4 is 5.32 Å². The van der Waals surface area contributed by atoms with Crippen molar-refractivity contribution >= 4 is 0 Å². The minimum absolute atomic E-state index is 0.0314. The molecule has 0 unspecified atom stereocenters. The van der Waals surface area contributed by atoms with E-state index in [2.05, 4.69) is 26.1 Å². The Balaban J connectivity index is 2.45. The smallest absolute Gasteiger partial charge is 0.0628 e. The minimum atomic E-state index is -0.162. The zero-order valence-corrected chi connectivity index (χ0v) is 8.43. The third-order valence-corrected chi connectivity index (χ3v) is 2.67. The maximum absolute atomic E-state index is 9.97. The molecule has 1 saturated heterocycles. The van der Waals surface area contributed by atoms with Gasteiger partial charge < -0.3 is 10.4 Å². The molecule has 1 rings (SSSR count). The molecule has 0 aromatic rings. The van der Waals surface area contributed by atoms with Crippen molar-refractivity contribution in [3.63, 3.8) is 0 Å². The van der Waals surface area contributed by atoms with Crippen LogP contribution in [0.1, 0.15) is 33.6 Å². The highest BCUT2D eigenvalue weighted by molar-refractivity contribution is 4.83. The fraction of sp³-hybridized carbons (Fsp3) is 1.00. The van der Waals surface area contributed by atoms with Gasteiger partial charge in [-0.3, -0.25) is 0 Å². The van der Waals surface area contributed by atoms with Gasteiger partial charge in [0.1, 0.15) is 0 Å². The summed E-state index contributed by atoms with van der Waals surface area (Å²) in [6.07, 6.45) is 2.22. The fourth-order valence-corrected chi connectivity index (χ4v) is 1.86. The molecule has 2 nitrogen and oxygen atoms in total. The highest BCUT2D eigenvalue weighted by atomic mass is 16.3. The second-order valence-corrected chi connectivity index (χ2v) is 4.92. The van der Waals surface area contributed by atoms with E-state index in [0.717, 1.165) is 13.1 Å². The SMILES string of the molecule is CC(C)(C)[C@@H](O)[C@H]1CCCNC1. The Kier molecular flexibility index (Phi) is 3.13. The van der Waals surface area contributed by atoms with Crippen molar-refractivity contribution in [3.8, 4) is 0 Å². The lowest BCUT2D eigenvalue weighted by molar-refractivity contribution is 0.00312. The normalized spacial score (nSPS) is 28.5. The van der Waals surface area contributed by atoms with E-state index in [9.17, 15) is 5.11 Å². The van der Waals surface area contributed by atoms with Gasteiger partial charge in [-0.25, -0.2) is 0 Å². The molecule has 1 aliphatic heterocycles. The van der Waals surface area contributed by atoms with Crippen molar-refractivity contribution in [1.29, 1.82) is 0 Å². The third kappa shape index (κ3) is 2.46. The van der Waals surface area contributed by atoms with Crippen molar-refractivity contribution in [2.75, 3.05) is 13.1 Å². The number of aliphatic hydroxyl groups is 1. The Morgan fingerprint density at radius 2 is 2.08 bits per heavy atom. The molecule has 1 fully saturated rings. The zero-order chi connectivity index (χ0) is 9.19. The maximum atomic E-state index is 9.97. The van der Waals surface area contributed by atoms with Crippen LogP contribution >= 0.6 is 0 Å². The molecule has 0 saturated carbocycles. The second-order valence-electron chi connectivity index (χ2n) is 4.92. The Morgan fingerprint density at radius 1 is 1.42 bits per heavy atom. The first-order valence-corrected chi connectivity index (χ1v) is 4.90. The summed E-state index contributed by atoms with van der Waals surface area (Å²) in [5.74, 6) is 0.457. The molecule has 0 aromatic heterocycles. The van der Waals surface area contributed by atoms with Gasteiger partial charge in [-0.1, -0.05) is 20.8 Å². The molecule has 1 aliphatic rings. The van der Waals surface area contributed by atoms with Crippen molar-refractivity contribution in [3.05, 3.63) is 0 Å². The number of rotatable bonds is 1. The van der Waals surface area contributed by atoms with Crippen LogP contribution in [0.15, 0.2) is 0 Å². The molecular formula is C10H21NO. The van der Waals surface area contributed by atoms with Gasteiger partial charge in [0.15, 0.2) is 0 Å². The van der Waals surface area contributed by atoms with E-state index in [1.54, 1.807) is 0 Å². The van der Waals surface area contributed by atoms with E-state index in [-0.39, 0.29) is 11.5 Å². The molecule has 0 bridgehead atoms. The van der Waals surface area contributed by atoms with Crippen LogP contribution in [0.3, 0.4) is 0 Å². The summed E-state index contributed by atoms with van der Waals surface area (Å²) in [7, 11) is 0. The number of hydrogen-bond donors (Lipinski definition) is 2. The summed E-state index contributed by atoms with van der Waals surface area (Å²) >= 11 is 0. The second kappa shape index (κ2) is 3.75. The van der Waals surface area contributed by atoms with Gasteiger partial charge in [0.05, 0.1) is 6.10 Å². The average molecular weight is 171 g/mol. The number of aliphatic hydroxyl groups excluding tert-OH is 1. The van der Waals surface area contributed by atoms with Gasteiger partial charge in [0.2, 0.25) is 0 Å². The molecular weight excluding hydrogens is 150 g/mol. The van der Waals surface area contributed by atoms with Crippen molar-refractivity contribution in [1.82, 2.24) is 5.32 Å². The lowest BCUT2D eigenvalue weighted by Gasteiger charge is -2.35. The highest BCUT2D eigenvalue weighted by Gasteiger charge is 2.30. The topological polar surface area (TPSA) is 32.3 Å². The molecule has 0 aromatic carbocycles. The van der Waals surface area contributed by atoms with Crippen LogP contribution in [0.5, 0.6) is 0 Å². The quantitative estimate of drug-likeness (QED) is 0.625. The molecule has 0 aliphatic carbocycles. The standard InChI is InChI=1S/C10H21NO/c1-10(2,3)9(12)8-5-4-6-11-7-8/h8-9,11-12H,4-7H2,1-3H3/t8-,9-/m0/s1. The van der Waals surface area contributed by atoms with Crippen LogP contribution in [0.4, 0.5) is 0 Å². The largest absolute Gasteiger partial charge is 0.392 e. The van der Waals surface area contributed by atoms with E-state index in [1.807, 2.05) is 0 Å². The summed E-state index contributed by atoms with van der Waals surface area (Å²) in [5, 5.41) is 13.3. The van der Waals surface area contributed by atoms with Crippen molar-refractivity contribution in [2.45, 2.75) is 39.7 Å². The van der Waals surface area contributed by atoms with Gasteiger partial charge in [-0.2, -0.15) is 0 Å². The van der Waals surface area contributed by atoms with Gasteiger partial charge >= 0.3 is 0 Å². The van der Waals surface area contributed by atoms with E-state index in [0.29, 0.717) is 5.92 Å².